The molecule has 0 spiro atoms. The molecule has 0 unspecified atom stereocenters. The maximum absolute atomic E-state index is 11.7. The van der Waals surface area contributed by atoms with Crippen molar-refractivity contribution in [3.05, 3.63) is 35.7 Å². The zero-order valence-electron chi connectivity index (χ0n) is 12.3. The lowest BCUT2D eigenvalue weighted by molar-refractivity contribution is -0.117. The first-order chi connectivity index (χ1) is 10.8. The van der Waals surface area contributed by atoms with E-state index in [0.29, 0.717) is 24.9 Å². The minimum absolute atomic E-state index is 0.212. The van der Waals surface area contributed by atoms with E-state index in [-0.39, 0.29) is 5.91 Å². The number of aromatic nitrogens is 2. The standard InChI is InChI=1S/C16H18N4O2/c21-14-2-1-9-20(14)13-7-3-11(4-8-13)10-17-16-19-18-15(22-16)12-5-6-12/h3-4,7-8,12H,1-2,5-6,9-10H2,(H,17,19). The molecule has 2 fully saturated rings. The van der Waals surface area contributed by atoms with Crippen molar-refractivity contribution in [2.24, 2.45) is 0 Å². The van der Waals surface area contributed by atoms with Gasteiger partial charge in [-0.05, 0) is 37.0 Å². The third kappa shape index (κ3) is 2.68. The lowest BCUT2D eigenvalue weighted by Gasteiger charge is -2.15. The van der Waals surface area contributed by atoms with Crippen LogP contribution in [0.15, 0.2) is 28.7 Å². The largest absolute Gasteiger partial charge is 0.408 e. The summed E-state index contributed by atoms with van der Waals surface area (Å²) in [6.07, 6.45) is 3.91. The molecule has 1 amide bonds. The maximum atomic E-state index is 11.7. The fourth-order valence-corrected chi connectivity index (χ4v) is 2.69. The van der Waals surface area contributed by atoms with Crippen LogP contribution in [0.2, 0.25) is 0 Å². The summed E-state index contributed by atoms with van der Waals surface area (Å²) < 4.78 is 5.56. The number of rotatable bonds is 5. The number of nitrogens with one attached hydrogen (secondary N) is 1. The van der Waals surface area contributed by atoms with Crippen LogP contribution >= 0.6 is 0 Å². The highest BCUT2D eigenvalue weighted by molar-refractivity contribution is 5.95. The number of amides is 1. The Morgan fingerprint density at radius 3 is 2.73 bits per heavy atom. The first-order valence-electron chi connectivity index (χ1n) is 7.76. The molecule has 4 rings (SSSR count). The van der Waals surface area contributed by atoms with Crippen molar-refractivity contribution >= 4 is 17.6 Å². The Morgan fingerprint density at radius 2 is 2.05 bits per heavy atom. The molecular weight excluding hydrogens is 280 g/mol. The molecule has 2 heterocycles. The molecule has 2 aromatic rings. The molecule has 1 aliphatic carbocycles. The number of hydrogen-bond acceptors (Lipinski definition) is 5. The van der Waals surface area contributed by atoms with E-state index in [4.69, 9.17) is 4.42 Å². The van der Waals surface area contributed by atoms with Crippen molar-refractivity contribution in [2.75, 3.05) is 16.8 Å². The van der Waals surface area contributed by atoms with E-state index < -0.39 is 0 Å². The summed E-state index contributed by atoms with van der Waals surface area (Å²) in [5.41, 5.74) is 2.08. The fraction of sp³-hybridized carbons (Fsp3) is 0.438. The van der Waals surface area contributed by atoms with E-state index >= 15 is 0 Å². The Bertz CT molecular complexity index is 676. The van der Waals surface area contributed by atoms with Gasteiger partial charge in [0, 0.05) is 31.1 Å². The molecule has 0 bridgehead atoms. The zero-order chi connectivity index (χ0) is 14.9. The summed E-state index contributed by atoms with van der Waals surface area (Å²) in [5, 5.41) is 11.2. The van der Waals surface area contributed by atoms with Crippen LogP contribution in [0.4, 0.5) is 11.7 Å². The second-order valence-electron chi connectivity index (χ2n) is 5.89. The number of carbonyl (C=O) groups excluding carboxylic acids is 1. The molecule has 6 nitrogen and oxygen atoms in total. The van der Waals surface area contributed by atoms with Crippen molar-refractivity contribution in [1.29, 1.82) is 0 Å². The number of hydrogen-bond donors (Lipinski definition) is 1. The highest BCUT2D eigenvalue weighted by atomic mass is 16.4. The average molecular weight is 298 g/mol. The third-order valence-corrected chi connectivity index (χ3v) is 4.13. The minimum atomic E-state index is 0.212. The Hall–Kier alpha value is -2.37. The van der Waals surface area contributed by atoms with Crippen molar-refractivity contribution in [2.45, 2.75) is 38.1 Å². The molecule has 1 aromatic heterocycles. The number of carbonyl (C=O) groups is 1. The van der Waals surface area contributed by atoms with Gasteiger partial charge in [0.25, 0.3) is 0 Å². The smallest absolute Gasteiger partial charge is 0.315 e. The van der Waals surface area contributed by atoms with Gasteiger partial charge in [0.2, 0.25) is 11.8 Å². The van der Waals surface area contributed by atoms with Crippen LogP contribution in [0.3, 0.4) is 0 Å². The van der Waals surface area contributed by atoms with Gasteiger partial charge in [0.15, 0.2) is 0 Å². The van der Waals surface area contributed by atoms with Crippen molar-refractivity contribution in [3.8, 4) is 0 Å². The monoisotopic (exact) mass is 298 g/mol. The van der Waals surface area contributed by atoms with Crippen LogP contribution in [0.5, 0.6) is 0 Å². The lowest BCUT2D eigenvalue weighted by Crippen LogP contribution is -2.23. The first-order valence-corrected chi connectivity index (χ1v) is 7.76. The molecule has 6 heteroatoms. The summed E-state index contributed by atoms with van der Waals surface area (Å²) >= 11 is 0. The van der Waals surface area contributed by atoms with E-state index in [9.17, 15) is 4.79 Å². The van der Waals surface area contributed by atoms with Crippen LogP contribution in [0.25, 0.3) is 0 Å². The van der Waals surface area contributed by atoms with Gasteiger partial charge in [-0.15, -0.1) is 5.10 Å². The molecular formula is C16H18N4O2. The van der Waals surface area contributed by atoms with Gasteiger partial charge in [-0.3, -0.25) is 4.79 Å². The van der Waals surface area contributed by atoms with E-state index in [1.807, 2.05) is 29.2 Å². The molecule has 2 aliphatic rings. The Morgan fingerprint density at radius 1 is 1.23 bits per heavy atom. The topological polar surface area (TPSA) is 71.3 Å². The van der Waals surface area contributed by atoms with Gasteiger partial charge >= 0.3 is 6.01 Å². The van der Waals surface area contributed by atoms with E-state index in [2.05, 4.69) is 15.5 Å². The van der Waals surface area contributed by atoms with Gasteiger partial charge < -0.3 is 14.6 Å². The van der Waals surface area contributed by atoms with Crippen molar-refractivity contribution in [1.82, 2.24) is 10.2 Å². The molecule has 0 radical (unpaired) electrons. The highest BCUT2D eigenvalue weighted by Crippen LogP contribution is 2.39. The summed E-state index contributed by atoms with van der Waals surface area (Å²) in [6, 6.07) is 8.49. The maximum Gasteiger partial charge on any atom is 0.315 e. The SMILES string of the molecule is O=C1CCCN1c1ccc(CNc2nnc(C3CC3)o2)cc1. The fourth-order valence-electron chi connectivity index (χ4n) is 2.69. The van der Waals surface area contributed by atoms with Gasteiger partial charge in [-0.25, -0.2) is 0 Å². The molecule has 22 heavy (non-hydrogen) atoms. The molecule has 1 aromatic carbocycles. The van der Waals surface area contributed by atoms with Crippen molar-refractivity contribution < 1.29 is 9.21 Å². The molecule has 1 aliphatic heterocycles. The van der Waals surface area contributed by atoms with E-state index in [0.717, 1.165) is 42.9 Å². The van der Waals surface area contributed by atoms with Crippen LogP contribution < -0.4 is 10.2 Å². The number of anilines is 2. The van der Waals surface area contributed by atoms with Crippen LogP contribution in [0, 0.1) is 0 Å². The van der Waals surface area contributed by atoms with Gasteiger partial charge in [-0.2, -0.15) is 0 Å². The number of benzene rings is 1. The second-order valence-corrected chi connectivity index (χ2v) is 5.89. The van der Waals surface area contributed by atoms with Crippen molar-refractivity contribution in [3.63, 3.8) is 0 Å². The summed E-state index contributed by atoms with van der Waals surface area (Å²) in [4.78, 5) is 13.6. The van der Waals surface area contributed by atoms with Crippen LogP contribution in [-0.2, 0) is 11.3 Å². The van der Waals surface area contributed by atoms with Crippen LogP contribution in [-0.4, -0.2) is 22.6 Å². The predicted molar refractivity (Wildman–Crippen MR) is 81.6 cm³/mol. The first kappa shape index (κ1) is 13.3. The summed E-state index contributed by atoms with van der Waals surface area (Å²) in [6.45, 7) is 1.45. The Balaban J connectivity index is 1.37. The molecule has 1 saturated heterocycles. The van der Waals surface area contributed by atoms with Gasteiger partial charge in [0.1, 0.15) is 0 Å². The normalized spacial score (nSPS) is 18.0. The summed E-state index contributed by atoms with van der Waals surface area (Å²) in [7, 11) is 0. The molecule has 1 saturated carbocycles. The Labute approximate surface area is 128 Å². The van der Waals surface area contributed by atoms with Gasteiger partial charge in [0.05, 0.1) is 0 Å². The van der Waals surface area contributed by atoms with Crippen LogP contribution in [0.1, 0.15) is 43.1 Å². The quantitative estimate of drug-likeness (QED) is 0.919. The second kappa shape index (κ2) is 5.44. The predicted octanol–water partition coefficient (Wildman–Crippen LogP) is 2.69. The molecule has 0 atom stereocenters. The number of nitrogens with zero attached hydrogens (tertiary/aromatic N) is 3. The third-order valence-electron chi connectivity index (χ3n) is 4.13. The molecule has 114 valence electrons. The lowest BCUT2D eigenvalue weighted by atomic mass is 10.2. The Kier molecular flexibility index (Phi) is 3.29. The average Bonchev–Trinajstić information content (AvgIpc) is 3.13. The van der Waals surface area contributed by atoms with E-state index in [1.54, 1.807) is 0 Å². The molecule has 1 N–H and O–H groups in total. The van der Waals surface area contributed by atoms with E-state index in [1.165, 1.54) is 0 Å². The highest BCUT2D eigenvalue weighted by Gasteiger charge is 2.29. The minimum Gasteiger partial charge on any atom is -0.408 e. The summed E-state index contributed by atoms with van der Waals surface area (Å²) in [5.74, 6) is 1.43. The van der Waals surface area contributed by atoms with Gasteiger partial charge in [-0.1, -0.05) is 17.2 Å². The zero-order valence-corrected chi connectivity index (χ0v) is 12.3.